The second kappa shape index (κ2) is 18.0. The van der Waals surface area contributed by atoms with E-state index in [2.05, 4.69) is 10.6 Å². The molecule has 0 aliphatic carbocycles. The van der Waals surface area contributed by atoms with Crippen LogP contribution in [0.4, 0.5) is 4.79 Å². The molecule has 0 heterocycles. The molecule has 0 saturated heterocycles. The Morgan fingerprint density at radius 3 is 1.47 bits per heavy atom. The number of amides is 2. The highest BCUT2D eigenvalue weighted by atomic mass is 31.2. The van der Waals surface area contributed by atoms with Crippen LogP contribution in [0.5, 0.6) is 0 Å². The highest BCUT2D eigenvalue weighted by molar-refractivity contribution is 7.72. The molecule has 0 unspecified atom stereocenters. The number of carbonyl (C=O) groups excluding carboxylic acids is 3. The molecular weight excluding hydrogens is 615 g/mol. The first kappa shape index (κ1) is 35.3. The average molecular weight is 657 g/mol. The Balaban J connectivity index is 1.56. The van der Waals surface area contributed by atoms with E-state index in [0.29, 0.717) is 11.1 Å². The molecule has 0 fully saturated rings. The van der Waals surface area contributed by atoms with Crippen molar-refractivity contribution in [3.63, 3.8) is 0 Å². The van der Waals surface area contributed by atoms with E-state index < -0.39 is 37.2 Å². The fraction of sp³-hybridized carbons (Fsp3) is 0.270. The number of nitrogens with one attached hydrogen (secondary N) is 2. The molecule has 0 radical (unpaired) electrons. The van der Waals surface area contributed by atoms with Gasteiger partial charge in [-0.25, -0.2) is 4.79 Å². The molecule has 4 aromatic rings. The van der Waals surface area contributed by atoms with Crippen molar-refractivity contribution in [2.45, 2.75) is 58.6 Å². The molecule has 0 aliphatic rings. The third kappa shape index (κ3) is 11.6. The maximum absolute atomic E-state index is 14.4. The van der Waals surface area contributed by atoms with Crippen LogP contribution in [-0.4, -0.2) is 29.6 Å². The van der Waals surface area contributed by atoms with Crippen LogP contribution in [-0.2, 0) is 54.2 Å². The standard InChI is InChI=1S/C37H41N2O7P/c1-28(2)23-33(39-37(42)44-25-30-17-9-4-10-18-30)35(40)38-34(24-29-15-7-3-8-16-29)36(41)47(43,45-26-31-19-11-5-12-20-31)46-27-32-21-13-6-14-22-32/h3-22,28,33-34H,23-27H2,1-2H3,(H,38,40)(H,39,42)/t33-,34-/m0/s1. The summed E-state index contributed by atoms with van der Waals surface area (Å²) in [7, 11) is -4.49. The van der Waals surface area contributed by atoms with Crippen LogP contribution in [0.1, 0.15) is 42.5 Å². The van der Waals surface area contributed by atoms with E-state index in [4.69, 9.17) is 13.8 Å². The largest absolute Gasteiger partial charge is 0.445 e. The first-order valence-electron chi connectivity index (χ1n) is 15.5. The van der Waals surface area contributed by atoms with Crippen molar-refractivity contribution in [2.24, 2.45) is 5.92 Å². The van der Waals surface area contributed by atoms with E-state index in [1.807, 2.05) is 74.5 Å². The van der Waals surface area contributed by atoms with Crippen LogP contribution in [0.25, 0.3) is 0 Å². The van der Waals surface area contributed by atoms with E-state index in [-0.39, 0.29) is 38.6 Å². The summed E-state index contributed by atoms with van der Waals surface area (Å²) in [6, 6.07) is 34.0. The minimum atomic E-state index is -4.49. The number of rotatable bonds is 17. The Kier molecular flexibility index (Phi) is 13.5. The lowest BCUT2D eigenvalue weighted by molar-refractivity contribution is -0.127. The quantitative estimate of drug-likeness (QED) is 0.115. The summed E-state index contributed by atoms with van der Waals surface area (Å²) in [6.45, 7) is 3.56. The molecule has 0 aromatic heterocycles. The molecule has 9 nitrogen and oxygen atoms in total. The molecule has 0 saturated carbocycles. The van der Waals surface area contributed by atoms with E-state index in [9.17, 15) is 18.9 Å². The number of hydrogen-bond acceptors (Lipinski definition) is 7. The van der Waals surface area contributed by atoms with Crippen molar-refractivity contribution < 1.29 is 32.7 Å². The second-order valence-corrected chi connectivity index (χ2v) is 13.4. The van der Waals surface area contributed by atoms with E-state index in [0.717, 1.165) is 11.1 Å². The highest BCUT2D eigenvalue weighted by Crippen LogP contribution is 2.52. The highest BCUT2D eigenvalue weighted by Gasteiger charge is 2.42. The van der Waals surface area contributed by atoms with Gasteiger partial charge in [-0.15, -0.1) is 0 Å². The number of hydrogen-bond donors (Lipinski definition) is 2. The number of ether oxygens (including phenoxy) is 1. The van der Waals surface area contributed by atoms with Gasteiger partial charge in [-0.2, -0.15) is 0 Å². The van der Waals surface area contributed by atoms with Crippen molar-refractivity contribution >= 4 is 25.1 Å². The Morgan fingerprint density at radius 2 is 1.02 bits per heavy atom. The summed E-state index contributed by atoms with van der Waals surface area (Å²) in [5.41, 5.74) is 2.02. The van der Waals surface area contributed by atoms with Crippen LogP contribution in [0.2, 0.25) is 0 Å². The zero-order chi connectivity index (χ0) is 33.5. The van der Waals surface area contributed by atoms with Gasteiger partial charge in [0.25, 0.3) is 5.52 Å². The topological polar surface area (TPSA) is 120 Å². The van der Waals surface area contributed by atoms with Crippen LogP contribution >= 0.6 is 7.60 Å². The van der Waals surface area contributed by atoms with Crippen molar-refractivity contribution in [2.75, 3.05) is 0 Å². The normalized spacial score (nSPS) is 12.6. The first-order chi connectivity index (χ1) is 22.7. The van der Waals surface area contributed by atoms with Gasteiger partial charge in [-0.3, -0.25) is 23.2 Å². The lowest BCUT2D eigenvalue weighted by Crippen LogP contribution is -2.52. The Bertz CT molecular complexity index is 1560. The SMILES string of the molecule is CC(C)C[C@H](NC(=O)OCc1ccccc1)C(=O)N[C@@H](Cc1ccccc1)C(=O)P(=O)(OCc1ccccc1)OCc1ccccc1. The summed E-state index contributed by atoms with van der Waals surface area (Å²) in [4.78, 5) is 40.8. The molecule has 246 valence electrons. The van der Waals surface area contributed by atoms with Gasteiger partial charge in [-0.05, 0) is 34.6 Å². The van der Waals surface area contributed by atoms with Gasteiger partial charge in [0.2, 0.25) is 5.91 Å². The van der Waals surface area contributed by atoms with Gasteiger partial charge in [-0.1, -0.05) is 135 Å². The van der Waals surface area contributed by atoms with Gasteiger partial charge in [0.1, 0.15) is 18.7 Å². The Hall–Kier alpha value is -4.56. The molecule has 0 spiro atoms. The van der Waals surface area contributed by atoms with E-state index in [1.165, 1.54) is 0 Å². The number of carbonyl (C=O) groups is 3. The van der Waals surface area contributed by atoms with Crippen LogP contribution in [0.15, 0.2) is 121 Å². The van der Waals surface area contributed by atoms with Crippen LogP contribution < -0.4 is 10.6 Å². The minimum absolute atomic E-state index is 0.0120. The molecule has 2 amide bonds. The lowest BCUT2D eigenvalue weighted by atomic mass is 10.0. The Morgan fingerprint density at radius 1 is 0.596 bits per heavy atom. The first-order valence-corrected chi connectivity index (χ1v) is 17.1. The van der Waals surface area contributed by atoms with Gasteiger partial charge in [0, 0.05) is 6.42 Å². The van der Waals surface area contributed by atoms with Crippen molar-refractivity contribution in [3.8, 4) is 0 Å². The third-order valence-corrected chi connectivity index (χ3v) is 8.97. The molecule has 0 aliphatic heterocycles. The molecule has 10 heteroatoms. The maximum Gasteiger partial charge on any atom is 0.408 e. The van der Waals surface area contributed by atoms with E-state index >= 15 is 0 Å². The fourth-order valence-corrected chi connectivity index (χ4v) is 6.26. The zero-order valence-electron chi connectivity index (χ0n) is 26.6. The lowest BCUT2D eigenvalue weighted by Gasteiger charge is -2.26. The van der Waals surface area contributed by atoms with Crippen molar-refractivity contribution in [1.82, 2.24) is 10.6 Å². The average Bonchev–Trinajstić information content (AvgIpc) is 3.09. The maximum atomic E-state index is 14.4. The number of alkyl carbamates (subject to hydrolysis) is 1. The third-order valence-electron chi connectivity index (χ3n) is 7.18. The van der Waals surface area contributed by atoms with Gasteiger partial charge >= 0.3 is 13.7 Å². The molecule has 4 rings (SSSR count). The number of benzene rings is 4. The fourth-order valence-electron chi connectivity index (χ4n) is 4.76. The summed E-state index contributed by atoms with van der Waals surface area (Å²) in [6.07, 6.45) is -0.486. The second-order valence-electron chi connectivity index (χ2n) is 11.5. The predicted octanol–water partition coefficient (Wildman–Crippen LogP) is 7.21. The smallest absolute Gasteiger partial charge is 0.408 e. The van der Waals surface area contributed by atoms with E-state index in [1.54, 1.807) is 60.7 Å². The zero-order valence-corrected chi connectivity index (χ0v) is 27.5. The van der Waals surface area contributed by atoms with Crippen molar-refractivity contribution in [1.29, 1.82) is 0 Å². The molecule has 2 N–H and O–H groups in total. The van der Waals surface area contributed by atoms with Crippen LogP contribution in [0.3, 0.4) is 0 Å². The van der Waals surface area contributed by atoms with Crippen molar-refractivity contribution in [3.05, 3.63) is 144 Å². The monoisotopic (exact) mass is 656 g/mol. The predicted molar refractivity (Wildman–Crippen MR) is 180 cm³/mol. The molecule has 2 atom stereocenters. The molecule has 0 bridgehead atoms. The summed E-state index contributed by atoms with van der Waals surface area (Å²) >= 11 is 0. The summed E-state index contributed by atoms with van der Waals surface area (Å²) in [5.74, 6) is -0.611. The molecule has 4 aromatic carbocycles. The van der Waals surface area contributed by atoms with Crippen LogP contribution in [0, 0.1) is 5.92 Å². The van der Waals surface area contributed by atoms with Gasteiger partial charge in [0.05, 0.1) is 13.2 Å². The van der Waals surface area contributed by atoms with Gasteiger partial charge < -0.3 is 15.4 Å². The summed E-state index contributed by atoms with van der Waals surface area (Å²) < 4.78 is 31.4. The van der Waals surface area contributed by atoms with Gasteiger partial charge in [0.15, 0.2) is 0 Å². The molecule has 47 heavy (non-hydrogen) atoms. The molecular formula is C37H41N2O7P. The Labute approximate surface area is 276 Å². The summed E-state index contributed by atoms with van der Waals surface area (Å²) in [5, 5.41) is 5.40. The minimum Gasteiger partial charge on any atom is -0.445 e.